The van der Waals surface area contributed by atoms with Crippen LogP contribution in [0.5, 0.6) is 0 Å². The highest BCUT2D eigenvalue weighted by molar-refractivity contribution is 5.94. The Bertz CT molecular complexity index is 781. The van der Waals surface area contributed by atoms with Crippen molar-refractivity contribution in [3.63, 3.8) is 0 Å². The van der Waals surface area contributed by atoms with Crippen LogP contribution in [-0.2, 0) is 16.1 Å². The monoisotopic (exact) mass is 426 g/mol. The van der Waals surface area contributed by atoms with E-state index in [-0.39, 0.29) is 17.7 Å². The van der Waals surface area contributed by atoms with Crippen LogP contribution in [0.2, 0.25) is 0 Å². The SMILES string of the molecule is O=C(NCCN1CCN(C(=O)C2CCCC2)CC1)c1ccc(CN2CCCC2=O)cc1. The summed E-state index contributed by atoms with van der Waals surface area (Å²) in [6.45, 7) is 6.18. The van der Waals surface area contributed by atoms with Crippen LogP contribution in [0.25, 0.3) is 0 Å². The predicted octanol–water partition coefficient (Wildman–Crippen LogP) is 1.87. The van der Waals surface area contributed by atoms with Crippen LogP contribution in [0.3, 0.4) is 0 Å². The molecule has 0 spiro atoms. The Morgan fingerprint density at radius 3 is 2.29 bits per heavy atom. The van der Waals surface area contributed by atoms with Gasteiger partial charge in [0.1, 0.15) is 0 Å². The molecular weight excluding hydrogens is 392 g/mol. The molecule has 3 amide bonds. The van der Waals surface area contributed by atoms with Crippen LogP contribution in [0, 0.1) is 5.92 Å². The fourth-order valence-corrected chi connectivity index (χ4v) is 4.91. The first kappa shape index (κ1) is 21.8. The standard InChI is InChI=1S/C24H34N4O3/c29-22-6-3-12-28(22)18-19-7-9-20(10-8-19)23(30)25-11-13-26-14-16-27(17-15-26)24(31)21-4-1-2-5-21/h7-10,21H,1-6,11-18H2,(H,25,30). The highest BCUT2D eigenvalue weighted by atomic mass is 16.2. The van der Waals surface area contributed by atoms with Gasteiger partial charge in [-0.15, -0.1) is 0 Å². The van der Waals surface area contributed by atoms with Gasteiger partial charge < -0.3 is 15.1 Å². The minimum absolute atomic E-state index is 0.0705. The summed E-state index contributed by atoms with van der Waals surface area (Å²) in [5, 5.41) is 3.00. The van der Waals surface area contributed by atoms with Crippen LogP contribution < -0.4 is 5.32 Å². The van der Waals surface area contributed by atoms with Gasteiger partial charge in [-0.1, -0.05) is 25.0 Å². The number of carbonyl (C=O) groups is 3. The van der Waals surface area contributed by atoms with Gasteiger partial charge in [0.25, 0.3) is 5.91 Å². The van der Waals surface area contributed by atoms with Gasteiger partial charge in [-0.2, -0.15) is 0 Å². The minimum Gasteiger partial charge on any atom is -0.351 e. The van der Waals surface area contributed by atoms with E-state index in [1.54, 1.807) is 0 Å². The maximum Gasteiger partial charge on any atom is 0.251 e. The Hall–Kier alpha value is -2.41. The topological polar surface area (TPSA) is 73.0 Å². The highest BCUT2D eigenvalue weighted by Crippen LogP contribution is 2.26. The molecule has 31 heavy (non-hydrogen) atoms. The lowest BCUT2D eigenvalue weighted by Crippen LogP contribution is -2.51. The van der Waals surface area contributed by atoms with E-state index >= 15 is 0 Å². The largest absolute Gasteiger partial charge is 0.351 e. The van der Waals surface area contributed by atoms with Crippen LogP contribution in [-0.4, -0.2) is 78.2 Å². The summed E-state index contributed by atoms with van der Waals surface area (Å²) in [5.74, 6) is 0.750. The van der Waals surface area contributed by atoms with Crippen molar-refractivity contribution in [2.45, 2.75) is 45.1 Å². The Morgan fingerprint density at radius 1 is 0.935 bits per heavy atom. The smallest absolute Gasteiger partial charge is 0.251 e. The molecular formula is C24H34N4O3. The molecule has 2 aliphatic heterocycles. The fraction of sp³-hybridized carbons (Fsp3) is 0.625. The number of hydrogen-bond acceptors (Lipinski definition) is 4. The van der Waals surface area contributed by atoms with Crippen molar-refractivity contribution in [1.82, 2.24) is 20.0 Å². The number of rotatable bonds is 7. The number of likely N-dealkylation sites (tertiary alicyclic amines) is 1. The Kier molecular flexibility index (Phi) is 7.22. The molecule has 0 unspecified atom stereocenters. The van der Waals surface area contributed by atoms with Crippen molar-refractivity contribution in [2.24, 2.45) is 5.92 Å². The third-order valence-electron chi connectivity index (χ3n) is 6.86. The van der Waals surface area contributed by atoms with Gasteiger partial charge in [0, 0.05) is 70.3 Å². The van der Waals surface area contributed by atoms with Gasteiger partial charge in [0.15, 0.2) is 0 Å². The summed E-state index contributed by atoms with van der Waals surface area (Å²) < 4.78 is 0. The van der Waals surface area contributed by atoms with Crippen LogP contribution in [0.15, 0.2) is 24.3 Å². The maximum atomic E-state index is 12.5. The Balaban J connectivity index is 1.15. The van der Waals surface area contributed by atoms with Gasteiger partial charge in [0.2, 0.25) is 11.8 Å². The van der Waals surface area contributed by atoms with Gasteiger partial charge in [0.05, 0.1) is 0 Å². The summed E-state index contributed by atoms with van der Waals surface area (Å²) in [6.07, 6.45) is 6.08. The second kappa shape index (κ2) is 10.3. The first-order valence-corrected chi connectivity index (χ1v) is 11.8. The first-order valence-electron chi connectivity index (χ1n) is 11.8. The van der Waals surface area contributed by atoms with E-state index in [4.69, 9.17) is 0 Å². The molecule has 0 aromatic heterocycles. The maximum absolute atomic E-state index is 12.5. The average molecular weight is 427 g/mol. The van der Waals surface area contributed by atoms with Crippen molar-refractivity contribution in [1.29, 1.82) is 0 Å². The normalized spacial score (nSPS) is 20.5. The lowest BCUT2D eigenvalue weighted by molar-refractivity contribution is -0.137. The van der Waals surface area contributed by atoms with E-state index in [9.17, 15) is 14.4 Å². The van der Waals surface area contributed by atoms with Crippen LogP contribution in [0.4, 0.5) is 0 Å². The van der Waals surface area contributed by atoms with Gasteiger partial charge in [-0.25, -0.2) is 0 Å². The van der Waals surface area contributed by atoms with Crippen molar-refractivity contribution in [3.8, 4) is 0 Å². The minimum atomic E-state index is -0.0705. The molecule has 2 saturated heterocycles. The summed E-state index contributed by atoms with van der Waals surface area (Å²) in [6, 6.07) is 7.53. The van der Waals surface area contributed by atoms with Crippen molar-refractivity contribution in [2.75, 3.05) is 45.8 Å². The Morgan fingerprint density at radius 2 is 1.65 bits per heavy atom. The molecule has 3 fully saturated rings. The molecule has 4 rings (SSSR count). The number of piperazine rings is 1. The molecule has 168 valence electrons. The lowest BCUT2D eigenvalue weighted by Gasteiger charge is -2.36. The van der Waals surface area contributed by atoms with E-state index in [1.807, 2.05) is 34.1 Å². The molecule has 1 aromatic carbocycles. The average Bonchev–Trinajstić information content (AvgIpc) is 3.47. The molecule has 7 nitrogen and oxygen atoms in total. The zero-order valence-corrected chi connectivity index (χ0v) is 18.4. The summed E-state index contributed by atoms with van der Waals surface area (Å²) in [4.78, 5) is 42.9. The summed E-state index contributed by atoms with van der Waals surface area (Å²) >= 11 is 0. The number of carbonyl (C=O) groups excluding carboxylic acids is 3. The molecule has 1 aliphatic carbocycles. The number of nitrogens with zero attached hydrogens (tertiary/aromatic N) is 3. The first-order chi connectivity index (χ1) is 15.1. The van der Waals surface area contributed by atoms with E-state index in [0.29, 0.717) is 31.0 Å². The lowest BCUT2D eigenvalue weighted by atomic mass is 10.1. The van der Waals surface area contributed by atoms with Crippen LogP contribution in [0.1, 0.15) is 54.4 Å². The van der Waals surface area contributed by atoms with Gasteiger partial charge in [-0.05, 0) is 37.0 Å². The third kappa shape index (κ3) is 5.64. The second-order valence-corrected chi connectivity index (χ2v) is 9.02. The number of benzene rings is 1. The van der Waals surface area contributed by atoms with E-state index in [0.717, 1.165) is 64.1 Å². The third-order valence-corrected chi connectivity index (χ3v) is 6.86. The molecule has 1 aromatic rings. The second-order valence-electron chi connectivity index (χ2n) is 9.02. The fourth-order valence-electron chi connectivity index (χ4n) is 4.91. The molecule has 0 radical (unpaired) electrons. The molecule has 0 bridgehead atoms. The zero-order chi connectivity index (χ0) is 21.6. The summed E-state index contributed by atoms with van der Waals surface area (Å²) in [5.41, 5.74) is 1.69. The molecule has 2 heterocycles. The van der Waals surface area contributed by atoms with Gasteiger partial charge in [-0.3, -0.25) is 19.3 Å². The van der Waals surface area contributed by atoms with Crippen molar-refractivity contribution < 1.29 is 14.4 Å². The quantitative estimate of drug-likeness (QED) is 0.723. The summed E-state index contributed by atoms with van der Waals surface area (Å²) in [7, 11) is 0. The zero-order valence-electron chi connectivity index (χ0n) is 18.4. The molecule has 0 atom stereocenters. The number of hydrogen-bond donors (Lipinski definition) is 1. The number of nitrogens with one attached hydrogen (secondary N) is 1. The Labute approximate surface area is 184 Å². The van der Waals surface area contributed by atoms with E-state index < -0.39 is 0 Å². The molecule has 3 aliphatic rings. The van der Waals surface area contributed by atoms with Gasteiger partial charge >= 0.3 is 0 Å². The molecule has 1 N–H and O–H groups in total. The van der Waals surface area contributed by atoms with Crippen molar-refractivity contribution >= 4 is 17.7 Å². The van der Waals surface area contributed by atoms with E-state index in [2.05, 4.69) is 10.2 Å². The predicted molar refractivity (Wildman–Crippen MR) is 118 cm³/mol. The van der Waals surface area contributed by atoms with E-state index in [1.165, 1.54) is 12.8 Å². The highest BCUT2D eigenvalue weighted by Gasteiger charge is 2.29. The van der Waals surface area contributed by atoms with Crippen molar-refractivity contribution in [3.05, 3.63) is 35.4 Å². The molecule has 7 heteroatoms. The molecule has 1 saturated carbocycles. The van der Waals surface area contributed by atoms with Crippen LogP contribution >= 0.6 is 0 Å². The number of amides is 3.